The monoisotopic (exact) mass is 388 g/mol. The summed E-state index contributed by atoms with van der Waals surface area (Å²) in [6.07, 6.45) is 7.25. The van der Waals surface area contributed by atoms with Gasteiger partial charge in [0.15, 0.2) is 0 Å². The third-order valence-electron chi connectivity index (χ3n) is 6.06. The summed E-state index contributed by atoms with van der Waals surface area (Å²) in [5, 5.41) is 2.94. The van der Waals surface area contributed by atoms with Crippen molar-refractivity contribution >= 4 is 11.8 Å². The van der Waals surface area contributed by atoms with Crippen LogP contribution in [0.3, 0.4) is 0 Å². The third kappa shape index (κ3) is 5.20. The number of piperidine rings is 1. The fourth-order valence-electron chi connectivity index (χ4n) is 4.47. The van der Waals surface area contributed by atoms with E-state index in [1.165, 1.54) is 32.1 Å². The van der Waals surface area contributed by atoms with E-state index in [4.69, 9.17) is 0 Å². The van der Waals surface area contributed by atoms with Crippen LogP contribution in [0.4, 0.5) is 0 Å². The Bertz CT molecular complexity index is 767. The van der Waals surface area contributed by atoms with Gasteiger partial charge in [-0.2, -0.15) is 4.98 Å². The number of rotatable bonds is 6. The number of aromatic nitrogens is 2. The molecule has 1 aromatic heterocycles. The lowest BCUT2D eigenvalue weighted by Gasteiger charge is -2.35. The van der Waals surface area contributed by atoms with Crippen molar-refractivity contribution in [2.75, 3.05) is 19.6 Å². The molecule has 0 unspecified atom stereocenters. The lowest BCUT2D eigenvalue weighted by atomic mass is 9.87. The van der Waals surface area contributed by atoms with Crippen molar-refractivity contribution in [1.82, 2.24) is 19.8 Å². The predicted molar refractivity (Wildman–Crippen MR) is 107 cm³/mol. The van der Waals surface area contributed by atoms with Gasteiger partial charge in [-0.3, -0.25) is 14.2 Å². The molecule has 28 heavy (non-hydrogen) atoms. The molecular formula is C21H32N4O3. The normalized spacial score (nSPS) is 21.0. The summed E-state index contributed by atoms with van der Waals surface area (Å²) in [4.78, 5) is 42.7. The van der Waals surface area contributed by atoms with Gasteiger partial charge in [-0.25, -0.2) is 4.79 Å². The van der Waals surface area contributed by atoms with Crippen molar-refractivity contribution in [1.29, 1.82) is 0 Å². The number of carbonyl (C=O) groups is 2. The number of aryl methyl sites for hydroxylation is 2. The highest BCUT2D eigenvalue weighted by atomic mass is 16.2. The number of nitrogens with zero attached hydrogens (tertiary/aromatic N) is 3. The molecule has 0 spiro atoms. The number of carbonyl (C=O) groups excluding carboxylic acids is 2. The number of amides is 2. The van der Waals surface area contributed by atoms with E-state index in [2.05, 4.69) is 10.3 Å². The Labute approximate surface area is 166 Å². The van der Waals surface area contributed by atoms with Crippen LogP contribution in [0.2, 0.25) is 0 Å². The van der Waals surface area contributed by atoms with E-state index in [9.17, 15) is 14.4 Å². The van der Waals surface area contributed by atoms with Crippen molar-refractivity contribution in [2.45, 2.75) is 65.3 Å². The molecule has 1 saturated heterocycles. The van der Waals surface area contributed by atoms with Gasteiger partial charge in [-0.05, 0) is 45.1 Å². The minimum atomic E-state index is -0.284. The molecule has 7 nitrogen and oxygen atoms in total. The molecule has 1 aliphatic heterocycles. The van der Waals surface area contributed by atoms with Crippen molar-refractivity contribution < 1.29 is 9.59 Å². The smallest absolute Gasteiger partial charge is 0.348 e. The summed E-state index contributed by atoms with van der Waals surface area (Å²) in [6, 6.07) is 1.86. The molecule has 2 aliphatic rings. The van der Waals surface area contributed by atoms with Crippen LogP contribution >= 0.6 is 0 Å². The fraction of sp³-hybridized carbons (Fsp3) is 0.714. The highest BCUT2D eigenvalue weighted by molar-refractivity contribution is 5.83. The quantitative estimate of drug-likeness (QED) is 0.805. The largest absolute Gasteiger partial charge is 0.354 e. The highest BCUT2D eigenvalue weighted by Crippen LogP contribution is 2.27. The minimum absolute atomic E-state index is 0.0214. The van der Waals surface area contributed by atoms with E-state index in [0.717, 1.165) is 12.2 Å². The van der Waals surface area contributed by atoms with E-state index in [1.54, 1.807) is 11.5 Å². The van der Waals surface area contributed by atoms with E-state index >= 15 is 0 Å². The predicted octanol–water partition coefficient (Wildman–Crippen LogP) is 1.80. The molecule has 0 aromatic carbocycles. The van der Waals surface area contributed by atoms with Crippen molar-refractivity contribution in [3.05, 3.63) is 27.9 Å². The van der Waals surface area contributed by atoms with Crippen LogP contribution in [-0.4, -0.2) is 45.9 Å². The maximum atomic E-state index is 12.6. The highest BCUT2D eigenvalue weighted by Gasteiger charge is 2.31. The number of nitrogens with one attached hydrogen (secondary N) is 1. The first-order chi connectivity index (χ1) is 13.4. The average molecular weight is 389 g/mol. The van der Waals surface area contributed by atoms with E-state index in [-0.39, 0.29) is 23.4 Å². The van der Waals surface area contributed by atoms with Gasteiger partial charge in [0.05, 0.1) is 5.92 Å². The summed E-state index contributed by atoms with van der Waals surface area (Å²) in [5.74, 6) is 0.591. The van der Waals surface area contributed by atoms with Crippen LogP contribution in [0.25, 0.3) is 0 Å². The molecule has 154 valence electrons. The van der Waals surface area contributed by atoms with Gasteiger partial charge in [0.1, 0.15) is 0 Å². The molecule has 0 bridgehead atoms. The molecule has 7 heteroatoms. The lowest BCUT2D eigenvalue weighted by Crippen LogP contribution is -2.48. The summed E-state index contributed by atoms with van der Waals surface area (Å²) in [6.45, 7) is 5.77. The maximum absolute atomic E-state index is 12.6. The molecule has 1 atom stereocenters. The molecule has 1 aliphatic carbocycles. The Morgan fingerprint density at radius 3 is 2.64 bits per heavy atom. The van der Waals surface area contributed by atoms with Crippen molar-refractivity contribution in [3.63, 3.8) is 0 Å². The minimum Gasteiger partial charge on any atom is -0.354 e. The number of hydrogen-bond acceptors (Lipinski definition) is 4. The second kappa shape index (κ2) is 9.34. The Balaban J connectivity index is 1.50. The molecule has 2 heterocycles. The summed E-state index contributed by atoms with van der Waals surface area (Å²) in [5.41, 5.74) is 1.26. The van der Waals surface area contributed by atoms with Gasteiger partial charge in [-0.1, -0.05) is 19.3 Å². The van der Waals surface area contributed by atoms with Crippen LogP contribution in [0, 0.1) is 25.7 Å². The summed E-state index contributed by atoms with van der Waals surface area (Å²) >= 11 is 0. The van der Waals surface area contributed by atoms with Gasteiger partial charge in [0.25, 0.3) is 0 Å². The third-order valence-corrected chi connectivity index (χ3v) is 6.06. The van der Waals surface area contributed by atoms with Gasteiger partial charge in [-0.15, -0.1) is 0 Å². The number of likely N-dealkylation sites (tertiary alicyclic amines) is 1. The molecule has 0 radical (unpaired) electrons. The molecular weight excluding hydrogens is 356 g/mol. The van der Waals surface area contributed by atoms with Crippen LogP contribution in [0.5, 0.6) is 0 Å². The maximum Gasteiger partial charge on any atom is 0.348 e. The second-order valence-electron chi connectivity index (χ2n) is 8.30. The fourth-order valence-corrected chi connectivity index (χ4v) is 4.47. The SMILES string of the molecule is Cc1cc(C)n(CCNC(=O)[C@H]2CCC(=O)N(CC3CCCCC3)C2)c(=O)n1. The van der Waals surface area contributed by atoms with Crippen LogP contribution in [0.1, 0.15) is 56.3 Å². The van der Waals surface area contributed by atoms with Gasteiger partial charge in [0.2, 0.25) is 11.8 Å². The van der Waals surface area contributed by atoms with Crippen molar-refractivity contribution in [2.24, 2.45) is 11.8 Å². The van der Waals surface area contributed by atoms with E-state index in [1.807, 2.05) is 17.9 Å². The molecule has 3 rings (SSSR count). The van der Waals surface area contributed by atoms with Gasteiger partial charge < -0.3 is 10.2 Å². The van der Waals surface area contributed by atoms with Gasteiger partial charge >= 0.3 is 5.69 Å². The van der Waals surface area contributed by atoms with Crippen LogP contribution in [0.15, 0.2) is 10.9 Å². The summed E-state index contributed by atoms with van der Waals surface area (Å²) < 4.78 is 1.58. The average Bonchev–Trinajstić information content (AvgIpc) is 2.66. The molecule has 2 fully saturated rings. The zero-order valence-corrected chi connectivity index (χ0v) is 17.1. The Hall–Kier alpha value is -2.18. The molecule has 1 N–H and O–H groups in total. The zero-order chi connectivity index (χ0) is 20.1. The first kappa shape index (κ1) is 20.6. The lowest BCUT2D eigenvalue weighted by molar-refractivity contribution is -0.139. The zero-order valence-electron chi connectivity index (χ0n) is 17.1. The Morgan fingerprint density at radius 1 is 1.18 bits per heavy atom. The Morgan fingerprint density at radius 2 is 1.93 bits per heavy atom. The molecule has 1 saturated carbocycles. The topological polar surface area (TPSA) is 84.3 Å². The second-order valence-corrected chi connectivity index (χ2v) is 8.30. The van der Waals surface area contributed by atoms with E-state index < -0.39 is 0 Å². The molecule has 2 amide bonds. The van der Waals surface area contributed by atoms with Gasteiger partial charge in [0, 0.05) is 44.0 Å². The number of hydrogen-bond donors (Lipinski definition) is 1. The summed E-state index contributed by atoms with van der Waals surface area (Å²) in [7, 11) is 0. The molecule has 1 aromatic rings. The van der Waals surface area contributed by atoms with Crippen molar-refractivity contribution in [3.8, 4) is 0 Å². The first-order valence-corrected chi connectivity index (χ1v) is 10.5. The first-order valence-electron chi connectivity index (χ1n) is 10.5. The Kier molecular flexibility index (Phi) is 6.86. The van der Waals surface area contributed by atoms with E-state index in [0.29, 0.717) is 44.1 Å². The van der Waals surface area contributed by atoms with Crippen LogP contribution < -0.4 is 11.0 Å². The van der Waals surface area contributed by atoms with Crippen LogP contribution in [-0.2, 0) is 16.1 Å². The standard InChI is InChI=1S/C21H32N4O3/c1-15-12-16(2)25(21(28)23-15)11-10-22-20(27)18-8-9-19(26)24(14-18)13-17-6-4-3-5-7-17/h12,17-18H,3-11,13-14H2,1-2H3,(H,22,27)/t18-/m0/s1.